The molecule has 0 radical (unpaired) electrons. The van der Waals surface area contributed by atoms with Gasteiger partial charge in [0.2, 0.25) is 5.91 Å². The van der Waals surface area contributed by atoms with Crippen LogP contribution in [0.4, 0.5) is 22.9 Å². The lowest BCUT2D eigenvalue weighted by atomic mass is 10.1. The van der Waals surface area contributed by atoms with Gasteiger partial charge in [0, 0.05) is 17.5 Å². The molecule has 124 valence electrons. The number of carbonyl (C=O) groups is 1. The summed E-state index contributed by atoms with van der Waals surface area (Å²) < 4.78 is 1.41. The van der Waals surface area contributed by atoms with Gasteiger partial charge in [-0.05, 0) is 29.8 Å². The number of aliphatic hydroxyl groups is 1. The molecule has 0 bridgehead atoms. The van der Waals surface area contributed by atoms with Gasteiger partial charge in [-0.1, -0.05) is 0 Å². The fraction of sp³-hybridized carbons (Fsp3) is 0.143. The Bertz CT molecular complexity index is 713. The van der Waals surface area contributed by atoms with Crippen LogP contribution in [0.1, 0.15) is 5.56 Å². The molecular formula is C14H19ClN6O2. The second-order valence-corrected chi connectivity index (χ2v) is 4.61. The van der Waals surface area contributed by atoms with Gasteiger partial charge in [-0.25, -0.2) is 4.68 Å². The SMILES string of the molecule is Cl.Nc1ccc(N)c(C=CC(=O)Nc2c(N)cnn2CCO)c1. The van der Waals surface area contributed by atoms with Gasteiger partial charge >= 0.3 is 0 Å². The minimum Gasteiger partial charge on any atom is -0.399 e. The number of nitrogens with zero attached hydrogens (tertiary/aromatic N) is 2. The number of carbonyl (C=O) groups excluding carboxylic acids is 1. The van der Waals surface area contributed by atoms with Gasteiger partial charge in [0.05, 0.1) is 25.0 Å². The third-order valence-electron chi connectivity index (χ3n) is 2.95. The number of amides is 1. The zero-order chi connectivity index (χ0) is 16.1. The van der Waals surface area contributed by atoms with E-state index >= 15 is 0 Å². The van der Waals surface area contributed by atoms with Crippen LogP contribution >= 0.6 is 12.4 Å². The number of rotatable bonds is 5. The van der Waals surface area contributed by atoms with Crippen LogP contribution in [0.3, 0.4) is 0 Å². The number of nitrogen functional groups attached to an aromatic ring is 3. The van der Waals surface area contributed by atoms with E-state index in [0.717, 1.165) is 0 Å². The van der Waals surface area contributed by atoms with Crippen LogP contribution in [0, 0.1) is 0 Å². The third-order valence-corrected chi connectivity index (χ3v) is 2.95. The predicted molar refractivity (Wildman–Crippen MR) is 93.9 cm³/mol. The van der Waals surface area contributed by atoms with Crippen LogP contribution < -0.4 is 22.5 Å². The van der Waals surface area contributed by atoms with Crippen LogP contribution in [0.25, 0.3) is 6.08 Å². The molecule has 0 aliphatic rings. The number of benzene rings is 1. The Kier molecular flexibility index (Phi) is 6.43. The summed E-state index contributed by atoms with van der Waals surface area (Å²) in [5.41, 5.74) is 19.2. The van der Waals surface area contributed by atoms with Gasteiger partial charge in [-0.3, -0.25) is 4.79 Å². The smallest absolute Gasteiger partial charge is 0.249 e. The molecule has 0 saturated carbocycles. The monoisotopic (exact) mass is 338 g/mol. The zero-order valence-corrected chi connectivity index (χ0v) is 13.1. The summed E-state index contributed by atoms with van der Waals surface area (Å²) in [6, 6.07) is 5.02. The third kappa shape index (κ3) is 4.63. The zero-order valence-electron chi connectivity index (χ0n) is 12.3. The Morgan fingerprint density at radius 3 is 2.74 bits per heavy atom. The minimum absolute atomic E-state index is 0. The maximum absolute atomic E-state index is 12.0. The predicted octanol–water partition coefficient (Wildman–Crippen LogP) is 0.696. The van der Waals surface area contributed by atoms with Crippen LogP contribution in [-0.4, -0.2) is 27.4 Å². The summed E-state index contributed by atoms with van der Waals surface area (Å²) in [5, 5.41) is 15.5. The summed E-state index contributed by atoms with van der Waals surface area (Å²) in [7, 11) is 0. The molecule has 1 aromatic carbocycles. The molecule has 1 aromatic heterocycles. The van der Waals surface area contributed by atoms with Crippen molar-refractivity contribution in [1.29, 1.82) is 0 Å². The van der Waals surface area contributed by atoms with E-state index in [-0.39, 0.29) is 25.6 Å². The van der Waals surface area contributed by atoms with Gasteiger partial charge in [0.25, 0.3) is 0 Å². The van der Waals surface area contributed by atoms with Crippen molar-refractivity contribution >= 4 is 47.3 Å². The number of nitrogens with one attached hydrogen (secondary N) is 1. The maximum Gasteiger partial charge on any atom is 0.249 e. The summed E-state index contributed by atoms with van der Waals surface area (Å²) in [6.07, 6.45) is 4.29. The molecule has 1 heterocycles. The van der Waals surface area contributed by atoms with Crippen molar-refractivity contribution in [2.24, 2.45) is 0 Å². The maximum atomic E-state index is 12.0. The van der Waals surface area contributed by atoms with Crippen molar-refractivity contribution in [2.75, 3.05) is 29.1 Å². The van der Waals surface area contributed by atoms with Crippen molar-refractivity contribution in [3.05, 3.63) is 36.0 Å². The first kappa shape index (κ1) is 18.3. The number of hydrogen-bond donors (Lipinski definition) is 5. The molecule has 0 fully saturated rings. The van der Waals surface area contributed by atoms with Gasteiger partial charge in [-0.15, -0.1) is 12.4 Å². The molecular weight excluding hydrogens is 320 g/mol. The van der Waals surface area contributed by atoms with E-state index in [0.29, 0.717) is 28.4 Å². The molecule has 2 aromatic rings. The molecule has 8 N–H and O–H groups in total. The van der Waals surface area contributed by atoms with Crippen molar-refractivity contribution in [3.63, 3.8) is 0 Å². The normalized spacial score (nSPS) is 10.5. The number of nitrogens with two attached hydrogens (primary N) is 3. The Hall–Kier alpha value is -2.71. The van der Waals surface area contributed by atoms with Crippen LogP contribution in [0.2, 0.25) is 0 Å². The molecule has 9 heteroatoms. The largest absolute Gasteiger partial charge is 0.399 e. The molecule has 0 unspecified atom stereocenters. The van der Waals surface area contributed by atoms with Crippen molar-refractivity contribution in [1.82, 2.24) is 9.78 Å². The summed E-state index contributed by atoms with van der Waals surface area (Å²) in [4.78, 5) is 12.0. The highest BCUT2D eigenvalue weighted by Gasteiger charge is 2.10. The lowest BCUT2D eigenvalue weighted by molar-refractivity contribution is -0.111. The first-order valence-electron chi connectivity index (χ1n) is 6.57. The average Bonchev–Trinajstić information content (AvgIpc) is 2.82. The minimum atomic E-state index is -0.395. The molecule has 0 atom stereocenters. The molecule has 8 nitrogen and oxygen atoms in total. The highest BCUT2D eigenvalue weighted by molar-refractivity contribution is 6.03. The van der Waals surface area contributed by atoms with E-state index in [1.165, 1.54) is 17.0 Å². The van der Waals surface area contributed by atoms with E-state index in [1.807, 2.05) is 0 Å². The van der Waals surface area contributed by atoms with Gasteiger partial charge < -0.3 is 27.6 Å². The number of aromatic nitrogens is 2. The lowest BCUT2D eigenvalue weighted by Gasteiger charge is -2.07. The molecule has 0 spiro atoms. The molecule has 0 aliphatic heterocycles. The summed E-state index contributed by atoms with van der Waals surface area (Å²) in [5.74, 6) is -0.0579. The van der Waals surface area contributed by atoms with Gasteiger partial charge in [0.1, 0.15) is 0 Å². The quantitative estimate of drug-likeness (QED) is 0.400. The Morgan fingerprint density at radius 2 is 2.04 bits per heavy atom. The standard InChI is InChI=1S/C14H18N6O2.ClH/c15-10-2-3-11(16)9(7-10)1-4-13(22)19-14-12(17)8-18-20(14)5-6-21;/h1-4,7-8,21H,5-6,15-17H2,(H,19,22);1H. The number of aliphatic hydroxyl groups excluding tert-OH is 1. The van der Waals surface area contributed by atoms with E-state index in [1.54, 1.807) is 24.3 Å². The lowest BCUT2D eigenvalue weighted by Crippen LogP contribution is -2.15. The molecule has 1 amide bonds. The number of halogens is 1. The van der Waals surface area contributed by atoms with Crippen LogP contribution in [-0.2, 0) is 11.3 Å². The average molecular weight is 339 g/mol. The molecule has 2 rings (SSSR count). The molecule has 0 aliphatic carbocycles. The topological polar surface area (TPSA) is 145 Å². The number of anilines is 4. The highest BCUT2D eigenvalue weighted by atomic mass is 35.5. The highest BCUT2D eigenvalue weighted by Crippen LogP contribution is 2.19. The fourth-order valence-corrected chi connectivity index (χ4v) is 1.86. The van der Waals surface area contributed by atoms with Crippen molar-refractivity contribution < 1.29 is 9.90 Å². The second-order valence-electron chi connectivity index (χ2n) is 4.61. The van der Waals surface area contributed by atoms with Crippen LogP contribution in [0.15, 0.2) is 30.5 Å². The van der Waals surface area contributed by atoms with Crippen molar-refractivity contribution in [2.45, 2.75) is 6.54 Å². The van der Waals surface area contributed by atoms with E-state index in [4.69, 9.17) is 22.3 Å². The second kappa shape index (κ2) is 8.06. The Labute approximate surface area is 139 Å². The van der Waals surface area contributed by atoms with Gasteiger partial charge in [-0.2, -0.15) is 5.10 Å². The fourth-order valence-electron chi connectivity index (χ4n) is 1.86. The molecule has 23 heavy (non-hydrogen) atoms. The summed E-state index contributed by atoms with van der Waals surface area (Å²) >= 11 is 0. The number of hydrogen-bond acceptors (Lipinski definition) is 6. The first-order valence-corrected chi connectivity index (χ1v) is 6.57. The Balaban J connectivity index is 0.00000264. The van der Waals surface area contributed by atoms with Gasteiger partial charge in [0.15, 0.2) is 5.82 Å². The molecule has 0 saturated heterocycles. The van der Waals surface area contributed by atoms with Crippen molar-refractivity contribution in [3.8, 4) is 0 Å². The Morgan fingerprint density at radius 1 is 1.30 bits per heavy atom. The summed E-state index contributed by atoms with van der Waals surface area (Å²) in [6.45, 7) is 0.123. The van der Waals surface area contributed by atoms with E-state index in [2.05, 4.69) is 10.4 Å². The first-order chi connectivity index (χ1) is 10.5. The van der Waals surface area contributed by atoms with Crippen LogP contribution in [0.5, 0.6) is 0 Å². The van der Waals surface area contributed by atoms with E-state index < -0.39 is 5.91 Å². The van der Waals surface area contributed by atoms with E-state index in [9.17, 15) is 4.79 Å².